The molecule has 2 N–H and O–H groups in total. The Morgan fingerprint density at radius 1 is 0.895 bits per heavy atom. The van der Waals surface area contributed by atoms with Crippen molar-refractivity contribution in [3.05, 3.63) is 71.8 Å². The Kier molecular flexibility index (Phi) is 5.60. The molecule has 0 spiro atoms. The van der Waals surface area contributed by atoms with Gasteiger partial charge < -0.3 is 0 Å². The first kappa shape index (κ1) is 13.8. The molecule has 2 rings (SSSR count). The number of hydrazine groups is 1. The van der Waals surface area contributed by atoms with Gasteiger partial charge in [0.1, 0.15) is 0 Å². The standard InChI is InChI=1S/C17H22N2/c1-15(17-12-6-3-7-13-17)19-18-14-8-11-16-9-4-2-5-10-16/h2-7,9-10,12-13,15,18-19H,8,11,14H2,1H3. The fourth-order valence-electron chi connectivity index (χ4n) is 2.08. The van der Waals surface area contributed by atoms with Crippen LogP contribution in [0.4, 0.5) is 0 Å². The number of hydrogen-bond acceptors (Lipinski definition) is 2. The molecule has 0 fully saturated rings. The van der Waals surface area contributed by atoms with E-state index in [0.717, 1.165) is 19.4 Å². The molecule has 100 valence electrons. The molecule has 2 heteroatoms. The molecule has 2 aromatic carbocycles. The Morgan fingerprint density at radius 3 is 2.21 bits per heavy atom. The van der Waals surface area contributed by atoms with Crippen LogP contribution >= 0.6 is 0 Å². The van der Waals surface area contributed by atoms with Gasteiger partial charge in [-0.25, -0.2) is 0 Å². The van der Waals surface area contributed by atoms with Crippen LogP contribution in [-0.2, 0) is 6.42 Å². The Hall–Kier alpha value is -1.64. The molecule has 1 atom stereocenters. The number of nitrogens with one attached hydrogen (secondary N) is 2. The zero-order valence-corrected chi connectivity index (χ0v) is 11.5. The molecular weight excluding hydrogens is 232 g/mol. The lowest BCUT2D eigenvalue weighted by molar-refractivity contribution is 0.456. The van der Waals surface area contributed by atoms with E-state index in [9.17, 15) is 0 Å². The summed E-state index contributed by atoms with van der Waals surface area (Å²) in [5.74, 6) is 0. The first-order valence-corrected chi connectivity index (χ1v) is 6.93. The summed E-state index contributed by atoms with van der Waals surface area (Å²) in [5, 5.41) is 0. The Balaban J connectivity index is 1.62. The van der Waals surface area contributed by atoms with Gasteiger partial charge in [0.15, 0.2) is 0 Å². The van der Waals surface area contributed by atoms with Crippen molar-refractivity contribution in [2.45, 2.75) is 25.8 Å². The maximum absolute atomic E-state index is 3.34. The highest BCUT2D eigenvalue weighted by atomic mass is 15.4. The van der Waals surface area contributed by atoms with Crippen molar-refractivity contribution in [1.29, 1.82) is 0 Å². The third kappa shape index (κ3) is 4.86. The van der Waals surface area contributed by atoms with Crippen molar-refractivity contribution >= 4 is 0 Å². The van der Waals surface area contributed by atoms with E-state index >= 15 is 0 Å². The van der Waals surface area contributed by atoms with Gasteiger partial charge >= 0.3 is 0 Å². The predicted molar refractivity (Wildman–Crippen MR) is 80.8 cm³/mol. The molecule has 0 saturated carbocycles. The van der Waals surface area contributed by atoms with Crippen LogP contribution in [-0.4, -0.2) is 6.54 Å². The second-order valence-electron chi connectivity index (χ2n) is 4.79. The second-order valence-corrected chi connectivity index (χ2v) is 4.79. The van der Waals surface area contributed by atoms with Gasteiger partial charge in [-0.15, -0.1) is 0 Å². The lowest BCUT2D eigenvalue weighted by atomic mass is 10.1. The van der Waals surface area contributed by atoms with Crippen molar-refractivity contribution in [2.24, 2.45) is 0 Å². The molecule has 0 bridgehead atoms. The molecule has 19 heavy (non-hydrogen) atoms. The van der Waals surface area contributed by atoms with Crippen LogP contribution in [0, 0.1) is 0 Å². The molecule has 0 aliphatic carbocycles. The topological polar surface area (TPSA) is 24.1 Å². The van der Waals surface area contributed by atoms with Gasteiger partial charge in [0.2, 0.25) is 0 Å². The van der Waals surface area contributed by atoms with E-state index in [-0.39, 0.29) is 0 Å². The van der Waals surface area contributed by atoms with Crippen LogP contribution in [0.2, 0.25) is 0 Å². The fraction of sp³-hybridized carbons (Fsp3) is 0.294. The van der Waals surface area contributed by atoms with Crippen molar-refractivity contribution < 1.29 is 0 Å². The molecule has 0 saturated heterocycles. The summed E-state index contributed by atoms with van der Waals surface area (Å²) < 4.78 is 0. The zero-order chi connectivity index (χ0) is 13.3. The number of aryl methyl sites for hydroxylation is 1. The van der Waals surface area contributed by atoms with Gasteiger partial charge in [-0.05, 0) is 30.9 Å². The van der Waals surface area contributed by atoms with Gasteiger partial charge in [0.05, 0.1) is 0 Å². The summed E-state index contributed by atoms with van der Waals surface area (Å²) >= 11 is 0. The molecule has 0 aliphatic rings. The Morgan fingerprint density at radius 2 is 1.53 bits per heavy atom. The number of hydrogen-bond donors (Lipinski definition) is 2. The van der Waals surface area contributed by atoms with Gasteiger partial charge in [0, 0.05) is 12.6 Å². The lowest BCUT2D eigenvalue weighted by Crippen LogP contribution is -2.34. The minimum Gasteiger partial charge on any atom is -0.257 e. The fourth-order valence-corrected chi connectivity index (χ4v) is 2.08. The predicted octanol–water partition coefficient (Wildman–Crippen LogP) is 3.47. The van der Waals surface area contributed by atoms with E-state index in [0.29, 0.717) is 6.04 Å². The molecule has 2 aromatic rings. The molecule has 0 heterocycles. The summed E-state index contributed by atoms with van der Waals surface area (Å²) in [5.41, 5.74) is 9.35. The first-order chi connectivity index (χ1) is 9.36. The smallest absolute Gasteiger partial charge is 0.0434 e. The summed E-state index contributed by atoms with van der Waals surface area (Å²) in [7, 11) is 0. The van der Waals surface area contributed by atoms with E-state index in [1.165, 1.54) is 11.1 Å². The Labute approximate surface area is 115 Å². The molecule has 2 nitrogen and oxygen atoms in total. The van der Waals surface area contributed by atoms with Crippen LogP contribution in [0.3, 0.4) is 0 Å². The number of benzene rings is 2. The minimum absolute atomic E-state index is 0.331. The van der Waals surface area contributed by atoms with E-state index in [1.54, 1.807) is 0 Å². The van der Waals surface area contributed by atoms with Gasteiger partial charge in [-0.2, -0.15) is 0 Å². The second kappa shape index (κ2) is 7.72. The third-order valence-electron chi connectivity index (χ3n) is 3.23. The normalized spacial score (nSPS) is 12.3. The monoisotopic (exact) mass is 254 g/mol. The quantitative estimate of drug-likeness (QED) is 0.584. The molecule has 0 amide bonds. The maximum Gasteiger partial charge on any atom is 0.0434 e. The SMILES string of the molecule is CC(NNCCCc1ccccc1)c1ccccc1. The lowest BCUT2D eigenvalue weighted by Gasteiger charge is -2.15. The van der Waals surface area contributed by atoms with E-state index in [2.05, 4.69) is 72.4 Å². The highest BCUT2D eigenvalue weighted by molar-refractivity contribution is 5.17. The average Bonchev–Trinajstić information content (AvgIpc) is 2.49. The summed E-state index contributed by atoms with van der Waals surface area (Å²) in [6.07, 6.45) is 2.26. The van der Waals surface area contributed by atoms with Crippen LogP contribution in [0.15, 0.2) is 60.7 Å². The van der Waals surface area contributed by atoms with Gasteiger partial charge in [-0.1, -0.05) is 60.7 Å². The third-order valence-corrected chi connectivity index (χ3v) is 3.23. The highest BCUT2D eigenvalue weighted by Gasteiger charge is 2.02. The van der Waals surface area contributed by atoms with E-state index in [1.807, 2.05) is 6.07 Å². The molecular formula is C17H22N2. The van der Waals surface area contributed by atoms with E-state index in [4.69, 9.17) is 0 Å². The van der Waals surface area contributed by atoms with Gasteiger partial charge in [0.25, 0.3) is 0 Å². The average molecular weight is 254 g/mol. The van der Waals surface area contributed by atoms with Crippen molar-refractivity contribution in [2.75, 3.05) is 6.54 Å². The van der Waals surface area contributed by atoms with Crippen molar-refractivity contribution in [3.63, 3.8) is 0 Å². The summed E-state index contributed by atoms with van der Waals surface area (Å²) in [6, 6.07) is 21.4. The van der Waals surface area contributed by atoms with Crippen molar-refractivity contribution in [1.82, 2.24) is 10.9 Å². The summed E-state index contributed by atoms with van der Waals surface area (Å²) in [6.45, 7) is 3.14. The Bertz CT molecular complexity index is 453. The van der Waals surface area contributed by atoms with E-state index < -0.39 is 0 Å². The van der Waals surface area contributed by atoms with Gasteiger partial charge in [-0.3, -0.25) is 10.9 Å². The molecule has 1 unspecified atom stereocenters. The maximum atomic E-state index is 3.34. The zero-order valence-electron chi connectivity index (χ0n) is 11.5. The molecule has 0 aliphatic heterocycles. The largest absolute Gasteiger partial charge is 0.257 e. The van der Waals surface area contributed by atoms with Crippen LogP contribution in [0.5, 0.6) is 0 Å². The van der Waals surface area contributed by atoms with Crippen molar-refractivity contribution in [3.8, 4) is 0 Å². The minimum atomic E-state index is 0.331. The van der Waals surface area contributed by atoms with Crippen LogP contribution in [0.25, 0.3) is 0 Å². The number of rotatable bonds is 7. The van der Waals surface area contributed by atoms with Crippen LogP contribution < -0.4 is 10.9 Å². The molecule has 0 aromatic heterocycles. The highest BCUT2D eigenvalue weighted by Crippen LogP contribution is 2.09. The summed E-state index contributed by atoms with van der Waals surface area (Å²) in [4.78, 5) is 0. The first-order valence-electron chi connectivity index (χ1n) is 6.93. The van der Waals surface area contributed by atoms with Crippen LogP contribution in [0.1, 0.15) is 30.5 Å². The molecule has 0 radical (unpaired) electrons.